The summed E-state index contributed by atoms with van der Waals surface area (Å²) in [5.74, 6) is 0.391. The lowest BCUT2D eigenvalue weighted by atomic mass is 10.3. The minimum absolute atomic E-state index is 0.0732. The van der Waals surface area contributed by atoms with Gasteiger partial charge in [0.05, 0.1) is 13.3 Å². The predicted molar refractivity (Wildman–Crippen MR) is 62.1 cm³/mol. The second kappa shape index (κ2) is 4.59. The van der Waals surface area contributed by atoms with Gasteiger partial charge in [-0.3, -0.25) is 0 Å². The fourth-order valence-electron chi connectivity index (χ4n) is 1.76. The van der Waals surface area contributed by atoms with Crippen LogP contribution in [0.5, 0.6) is 5.88 Å². The van der Waals surface area contributed by atoms with Crippen molar-refractivity contribution in [2.24, 2.45) is 5.73 Å². The molecule has 1 aliphatic rings. The normalized spacial score (nSPS) is 21.6. The smallest absolute Gasteiger partial charge is 0.244 e. The van der Waals surface area contributed by atoms with Crippen LogP contribution in [-0.4, -0.2) is 43.9 Å². The Hall–Kier alpha value is -1.18. The summed E-state index contributed by atoms with van der Waals surface area (Å²) in [7, 11) is -1.98. The van der Waals surface area contributed by atoms with Gasteiger partial charge in [0.2, 0.25) is 15.9 Å². The number of hydrogen-bond donors (Lipinski definition) is 1. The summed E-state index contributed by atoms with van der Waals surface area (Å²) in [6.07, 6.45) is 2.00. The lowest BCUT2D eigenvalue weighted by Gasteiger charge is -2.15. The second-order valence-corrected chi connectivity index (χ2v) is 5.89. The van der Waals surface area contributed by atoms with Crippen LogP contribution < -0.4 is 10.5 Å². The Morgan fingerprint density at radius 1 is 1.53 bits per heavy atom. The van der Waals surface area contributed by atoms with E-state index in [4.69, 9.17) is 10.5 Å². The van der Waals surface area contributed by atoms with Crippen LogP contribution in [0.1, 0.15) is 6.42 Å². The lowest BCUT2D eigenvalue weighted by Crippen LogP contribution is -2.32. The van der Waals surface area contributed by atoms with Gasteiger partial charge in [0, 0.05) is 25.2 Å². The number of methoxy groups -OCH3 is 1. The maximum atomic E-state index is 12.2. The molecule has 0 aromatic carbocycles. The number of hydrogen-bond acceptors (Lipinski definition) is 5. The molecule has 1 atom stereocenters. The first-order chi connectivity index (χ1) is 8.04. The number of nitrogens with zero attached hydrogens (tertiary/aromatic N) is 2. The van der Waals surface area contributed by atoms with Gasteiger partial charge in [0.25, 0.3) is 0 Å². The van der Waals surface area contributed by atoms with Crippen LogP contribution in [0.2, 0.25) is 0 Å². The van der Waals surface area contributed by atoms with E-state index in [1.165, 1.54) is 29.7 Å². The Labute approximate surface area is 100 Å². The van der Waals surface area contributed by atoms with Crippen molar-refractivity contribution in [1.82, 2.24) is 9.29 Å². The van der Waals surface area contributed by atoms with Gasteiger partial charge in [0.1, 0.15) is 4.90 Å². The Bertz CT molecular complexity index is 486. The summed E-state index contributed by atoms with van der Waals surface area (Å²) >= 11 is 0. The van der Waals surface area contributed by atoms with E-state index in [0.717, 1.165) is 0 Å². The van der Waals surface area contributed by atoms with Crippen molar-refractivity contribution in [2.75, 3.05) is 20.2 Å². The molecular formula is C10H15N3O3S. The van der Waals surface area contributed by atoms with E-state index in [2.05, 4.69) is 4.98 Å². The number of ether oxygens (including phenoxy) is 1. The van der Waals surface area contributed by atoms with Gasteiger partial charge in [-0.25, -0.2) is 13.4 Å². The van der Waals surface area contributed by atoms with E-state index in [0.29, 0.717) is 25.4 Å². The predicted octanol–water partition coefficient (Wildman–Crippen LogP) is -0.188. The molecule has 1 aromatic rings. The fourth-order valence-corrected chi connectivity index (χ4v) is 3.22. The zero-order valence-corrected chi connectivity index (χ0v) is 10.4. The minimum Gasteiger partial charge on any atom is -0.481 e. The number of aromatic nitrogens is 1. The molecule has 2 N–H and O–H groups in total. The number of sulfonamides is 1. The third-order valence-electron chi connectivity index (χ3n) is 2.74. The number of rotatable bonds is 3. The average molecular weight is 257 g/mol. The molecule has 0 amide bonds. The molecule has 0 aliphatic carbocycles. The Balaban J connectivity index is 2.25. The standard InChI is InChI=1S/C10H15N3O3S/c1-16-10-3-2-9(6-12-10)17(14,15)13-5-4-8(11)7-13/h2-3,6,8H,4-5,7,11H2,1H3/t8-/m0/s1. The molecule has 6 nitrogen and oxygen atoms in total. The quantitative estimate of drug-likeness (QED) is 0.811. The molecule has 0 bridgehead atoms. The van der Waals surface area contributed by atoms with Crippen LogP contribution in [0, 0.1) is 0 Å². The molecule has 1 saturated heterocycles. The highest BCUT2D eigenvalue weighted by molar-refractivity contribution is 7.89. The summed E-state index contributed by atoms with van der Waals surface area (Å²) in [5, 5.41) is 0. The van der Waals surface area contributed by atoms with Gasteiger partial charge in [-0.2, -0.15) is 4.31 Å². The lowest BCUT2D eigenvalue weighted by molar-refractivity contribution is 0.397. The maximum absolute atomic E-state index is 12.2. The molecule has 7 heteroatoms. The van der Waals surface area contributed by atoms with Crippen molar-refractivity contribution in [3.05, 3.63) is 18.3 Å². The monoisotopic (exact) mass is 257 g/mol. The first kappa shape index (κ1) is 12.3. The zero-order valence-electron chi connectivity index (χ0n) is 9.54. The van der Waals surface area contributed by atoms with Gasteiger partial charge in [0.15, 0.2) is 0 Å². The van der Waals surface area contributed by atoms with E-state index in [-0.39, 0.29) is 10.9 Å². The van der Waals surface area contributed by atoms with E-state index in [1.54, 1.807) is 0 Å². The van der Waals surface area contributed by atoms with Crippen molar-refractivity contribution < 1.29 is 13.2 Å². The molecule has 2 heterocycles. The molecule has 2 rings (SSSR count). The number of pyridine rings is 1. The van der Waals surface area contributed by atoms with Crippen molar-refractivity contribution in [1.29, 1.82) is 0 Å². The second-order valence-electron chi connectivity index (χ2n) is 3.95. The van der Waals surface area contributed by atoms with Crippen LogP contribution >= 0.6 is 0 Å². The molecule has 1 aliphatic heterocycles. The largest absolute Gasteiger partial charge is 0.481 e. The highest BCUT2D eigenvalue weighted by Crippen LogP contribution is 2.20. The summed E-state index contributed by atoms with van der Waals surface area (Å²) in [4.78, 5) is 4.07. The van der Waals surface area contributed by atoms with Gasteiger partial charge in [-0.15, -0.1) is 0 Å². The molecule has 1 fully saturated rings. The van der Waals surface area contributed by atoms with Gasteiger partial charge >= 0.3 is 0 Å². The topological polar surface area (TPSA) is 85.5 Å². The summed E-state index contributed by atoms with van der Waals surface area (Å²) in [6, 6.07) is 2.95. The van der Waals surface area contributed by atoms with E-state index in [9.17, 15) is 8.42 Å². The Morgan fingerprint density at radius 2 is 2.29 bits per heavy atom. The average Bonchev–Trinajstić information content (AvgIpc) is 2.77. The van der Waals surface area contributed by atoms with Crippen LogP contribution in [-0.2, 0) is 10.0 Å². The molecule has 0 radical (unpaired) electrons. The van der Waals surface area contributed by atoms with Crippen LogP contribution in [0.25, 0.3) is 0 Å². The van der Waals surface area contributed by atoms with E-state index < -0.39 is 10.0 Å². The van der Waals surface area contributed by atoms with Gasteiger partial charge in [-0.1, -0.05) is 0 Å². The summed E-state index contributed by atoms with van der Waals surface area (Å²) < 4.78 is 30.6. The third-order valence-corrected chi connectivity index (χ3v) is 4.59. The van der Waals surface area contributed by atoms with E-state index >= 15 is 0 Å². The molecule has 94 valence electrons. The minimum atomic E-state index is -3.46. The van der Waals surface area contributed by atoms with Crippen LogP contribution in [0.4, 0.5) is 0 Å². The first-order valence-electron chi connectivity index (χ1n) is 5.30. The Morgan fingerprint density at radius 3 is 2.76 bits per heavy atom. The van der Waals surface area contributed by atoms with Gasteiger partial charge in [-0.05, 0) is 12.5 Å². The SMILES string of the molecule is COc1ccc(S(=O)(=O)N2CC[C@H](N)C2)cn1. The first-order valence-corrected chi connectivity index (χ1v) is 6.74. The van der Waals surface area contributed by atoms with Crippen LogP contribution in [0.3, 0.4) is 0 Å². The van der Waals surface area contributed by atoms with Crippen molar-refractivity contribution in [3.63, 3.8) is 0 Å². The molecule has 1 aromatic heterocycles. The van der Waals surface area contributed by atoms with Crippen molar-refractivity contribution >= 4 is 10.0 Å². The molecular weight excluding hydrogens is 242 g/mol. The fraction of sp³-hybridized carbons (Fsp3) is 0.500. The molecule has 0 saturated carbocycles. The zero-order chi connectivity index (χ0) is 12.5. The number of nitrogens with two attached hydrogens (primary N) is 1. The molecule has 0 unspecified atom stereocenters. The Kier molecular flexibility index (Phi) is 3.32. The molecule has 17 heavy (non-hydrogen) atoms. The van der Waals surface area contributed by atoms with Crippen molar-refractivity contribution in [2.45, 2.75) is 17.4 Å². The van der Waals surface area contributed by atoms with Gasteiger partial charge < -0.3 is 10.5 Å². The van der Waals surface area contributed by atoms with Crippen molar-refractivity contribution in [3.8, 4) is 5.88 Å². The summed E-state index contributed by atoms with van der Waals surface area (Å²) in [5.41, 5.74) is 5.70. The highest BCUT2D eigenvalue weighted by atomic mass is 32.2. The van der Waals surface area contributed by atoms with E-state index in [1.807, 2.05) is 0 Å². The summed E-state index contributed by atoms with van der Waals surface area (Å²) in [6.45, 7) is 0.837. The highest BCUT2D eigenvalue weighted by Gasteiger charge is 2.31. The molecule has 0 spiro atoms. The van der Waals surface area contributed by atoms with Crippen LogP contribution in [0.15, 0.2) is 23.2 Å². The third kappa shape index (κ3) is 2.41. The maximum Gasteiger partial charge on any atom is 0.244 e.